The lowest BCUT2D eigenvalue weighted by Crippen LogP contribution is -2.24. The average molecular weight is 92.9 g/mol. The Morgan fingerprint density at radius 2 is 2.71 bits per heavy atom. The molecule has 0 aromatic heterocycles. The van der Waals surface area contributed by atoms with Crippen LogP contribution >= 0.6 is 0 Å². The largest absolute Gasteiger partial charge is 0.304 e. The van der Waals surface area contributed by atoms with Gasteiger partial charge < -0.3 is 5.01 Å². The summed E-state index contributed by atoms with van der Waals surface area (Å²) in [6.45, 7) is 3.53. The lowest BCUT2D eigenvalue weighted by Gasteiger charge is -2.07. The van der Waals surface area contributed by atoms with E-state index in [2.05, 4.69) is 11.9 Å². The van der Waals surface area contributed by atoms with Crippen LogP contribution in [0.2, 0.25) is 0 Å². The van der Waals surface area contributed by atoms with Crippen LogP contribution in [0.5, 0.6) is 0 Å². The van der Waals surface area contributed by atoms with Crippen LogP contribution in [-0.2, 0) is 0 Å². The van der Waals surface area contributed by atoms with Gasteiger partial charge in [-0.1, -0.05) is 12.6 Å². The Morgan fingerprint density at radius 1 is 1.86 bits per heavy atom. The molecule has 1 heterocycles. The second kappa shape index (κ2) is 1.84. The molecule has 35 valence electrons. The predicted octanol–water partition coefficient (Wildman–Crippen LogP) is 0.0405. The number of nitrogens with zero attached hydrogens (tertiary/aromatic N) is 1. The van der Waals surface area contributed by atoms with Crippen LogP contribution in [0.15, 0.2) is 25.0 Å². The maximum atomic E-state index is 3.53. The van der Waals surface area contributed by atoms with Gasteiger partial charge in [0.15, 0.2) is 0 Å². The zero-order valence-corrected chi connectivity index (χ0v) is 3.96. The summed E-state index contributed by atoms with van der Waals surface area (Å²) < 4.78 is 0. The van der Waals surface area contributed by atoms with Crippen molar-refractivity contribution in [2.24, 2.45) is 0 Å². The van der Waals surface area contributed by atoms with Gasteiger partial charge >= 0.3 is 0 Å². The molecule has 0 bridgehead atoms. The summed E-state index contributed by atoms with van der Waals surface area (Å²) in [7, 11) is 1.84. The molecule has 0 aliphatic carbocycles. The fourth-order valence-electron chi connectivity index (χ4n) is 0.421. The highest BCUT2D eigenvalue weighted by atomic mass is 15.5. The Labute approximate surface area is 43.7 Å². The summed E-state index contributed by atoms with van der Waals surface area (Å²) in [5, 5.41) is 4.65. The van der Waals surface area contributed by atoms with Crippen molar-refractivity contribution in [1.29, 1.82) is 0 Å². The van der Waals surface area contributed by atoms with Gasteiger partial charge in [0.25, 0.3) is 7.41 Å². The summed E-state index contributed by atoms with van der Waals surface area (Å²) >= 11 is 0. The summed E-state index contributed by atoms with van der Waals surface area (Å²) in [4.78, 5) is 0. The van der Waals surface area contributed by atoms with Gasteiger partial charge in [0.1, 0.15) is 0 Å². The third kappa shape index (κ3) is 0.840. The molecule has 1 N–H and O–H groups in total. The number of hydrogen-bond acceptors (Lipinski definition) is 2. The van der Waals surface area contributed by atoms with Crippen molar-refractivity contribution in [3.8, 4) is 0 Å². The molecule has 1 rings (SSSR count). The van der Waals surface area contributed by atoms with Crippen molar-refractivity contribution in [2.45, 2.75) is 0 Å². The molecule has 0 unspecified atom stereocenters. The minimum Gasteiger partial charge on any atom is -0.304 e. The van der Waals surface area contributed by atoms with Crippen molar-refractivity contribution in [2.75, 3.05) is 0 Å². The Hall–Kier alpha value is -0.695. The van der Waals surface area contributed by atoms with E-state index in [0.29, 0.717) is 0 Å². The maximum absolute atomic E-state index is 3.53. The van der Waals surface area contributed by atoms with Crippen LogP contribution < -0.4 is 5.34 Å². The van der Waals surface area contributed by atoms with E-state index < -0.39 is 0 Å². The molecule has 0 saturated carbocycles. The van der Waals surface area contributed by atoms with Crippen LogP contribution in [0.1, 0.15) is 0 Å². The summed E-state index contributed by atoms with van der Waals surface area (Å²) in [5.41, 5.74) is 0. The molecule has 1 radical (unpaired) electrons. The highest BCUT2D eigenvalue weighted by molar-refractivity contribution is 6.39. The fraction of sp³-hybridized carbons (Fsp3) is 0. The van der Waals surface area contributed by atoms with Gasteiger partial charge in [-0.05, 0) is 0 Å². The van der Waals surface area contributed by atoms with E-state index in [1.54, 1.807) is 11.2 Å². The van der Waals surface area contributed by atoms with Crippen molar-refractivity contribution in [3.63, 3.8) is 0 Å². The lowest BCUT2D eigenvalue weighted by molar-refractivity contribution is 0.487. The molecular formula is C4H6BN2. The molecule has 0 amide bonds. The molecule has 2 nitrogen and oxygen atoms in total. The smallest absolute Gasteiger partial charge is 0.264 e. The van der Waals surface area contributed by atoms with Crippen molar-refractivity contribution < 1.29 is 0 Å². The van der Waals surface area contributed by atoms with E-state index >= 15 is 0 Å². The summed E-state index contributed by atoms with van der Waals surface area (Å²) in [6, 6.07) is 0. The quantitative estimate of drug-likeness (QED) is 0.460. The second-order valence-corrected chi connectivity index (χ2v) is 1.23. The Kier molecular flexibility index (Phi) is 1.17. The van der Waals surface area contributed by atoms with E-state index in [4.69, 9.17) is 0 Å². The molecule has 0 spiro atoms. The third-order valence-electron chi connectivity index (χ3n) is 0.763. The second-order valence-electron chi connectivity index (χ2n) is 1.23. The first-order valence-electron chi connectivity index (χ1n) is 2.10. The van der Waals surface area contributed by atoms with E-state index in [9.17, 15) is 0 Å². The number of hydrazine groups is 1. The van der Waals surface area contributed by atoms with Gasteiger partial charge in [-0.15, -0.1) is 0 Å². The van der Waals surface area contributed by atoms with Crippen LogP contribution in [0.3, 0.4) is 0 Å². The number of hydrogen-bond donors (Lipinski definition) is 1. The van der Waals surface area contributed by atoms with Gasteiger partial charge in [0.2, 0.25) is 0 Å². The van der Waals surface area contributed by atoms with Gasteiger partial charge in [0.05, 0.1) is 0 Å². The van der Waals surface area contributed by atoms with E-state index in [0.717, 1.165) is 0 Å². The highest BCUT2D eigenvalue weighted by Gasteiger charge is 1.96. The Balaban J connectivity index is 2.42. The normalized spacial score (nSPS) is 16.9. The van der Waals surface area contributed by atoms with Gasteiger partial charge in [-0.25, -0.2) is 0 Å². The van der Waals surface area contributed by atoms with Crippen LogP contribution in [0, 0.1) is 0 Å². The van der Waals surface area contributed by atoms with Crippen LogP contribution in [0.4, 0.5) is 0 Å². The Morgan fingerprint density at radius 3 is 3.00 bits per heavy atom. The summed E-state index contributed by atoms with van der Waals surface area (Å²) in [6.07, 6.45) is 3.58. The van der Waals surface area contributed by atoms with Gasteiger partial charge in [-0.2, -0.15) is 0 Å². The standard InChI is InChI=1S/C4H6BN2/c1-2-7-4-3-5-6-7/h2-4,6H,1H2. The zero-order valence-electron chi connectivity index (χ0n) is 3.96. The molecule has 3 heteroatoms. The van der Waals surface area contributed by atoms with E-state index in [-0.39, 0.29) is 0 Å². The van der Waals surface area contributed by atoms with Crippen molar-refractivity contribution in [1.82, 2.24) is 10.3 Å². The minimum atomic E-state index is 1.69. The summed E-state index contributed by atoms with van der Waals surface area (Å²) in [5.74, 6) is 1.90. The monoisotopic (exact) mass is 93.1 g/mol. The highest BCUT2D eigenvalue weighted by Crippen LogP contribution is 1.87. The first-order chi connectivity index (χ1) is 3.43. The lowest BCUT2D eigenvalue weighted by atomic mass is 10.00. The third-order valence-corrected chi connectivity index (χ3v) is 0.763. The molecule has 1 aliphatic rings. The molecule has 0 fully saturated rings. The topological polar surface area (TPSA) is 15.3 Å². The molecule has 0 atom stereocenters. The van der Waals surface area contributed by atoms with E-state index in [1.807, 2.05) is 19.6 Å². The van der Waals surface area contributed by atoms with Crippen LogP contribution in [-0.4, -0.2) is 12.4 Å². The first-order valence-corrected chi connectivity index (χ1v) is 2.10. The molecule has 0 aromatic rings. The molecule has 0 aromatic carbocycles. The van der Waals surface area contributed by atoms with Crippen LogP contribution in [0.25, 0.3) is 0 Å². The Bertz CT molecular complexity index is 99.9. The SMILES string of the molecule is C=CN1C=C[B]N1. The maximum Gasteiger partial charge on any atom is 0.264 e. The van der Waals surface area contributed by atoms with Gasteiger partial charge in [0, 0.05) is 12.4 Å². The van der Waals surface area contributed by atoms with Gasteiger partial charge in [-0.3, -0.25) is 5.34 Å². The molecule has 1 aliphatic heterocycles. The van der Waals surface area contributed by atoms with E-state index in [1.165, 1.54) is 0 Å². The fourth-order valence-corrected chi connectivity index (χ4v) is 0.421. The molecular weight excluding hydrogens is 86.9 g/mol. The predicted molar refractivity (Wildman–Crippen MR) is 30.1 cm³/mol. The first kappa shape index (κ1) is 4.46. The zero-order chi connectivity index (χ0) is 5.11. The average Bonchev–Trinajstić information content (AvgIpc) is 2.14. The molecule has 7 heavy (non-hydrogen) atoms. The number of rotatable bonds is 1. The minimum absolute atomic E-state index is 1.69. The van der Waals surface area contributed by atoms with Crippen molar-refractivity contribution >= 4 is 7.41 Å². The van der Waals surface area contributed by atoms with Crippen molar-refractivity contribution in [3.05, 3.63) is 25.0 Å². The molecule has 0 saturated heterocycles. The number of nitrogens with one attached hydrogen (secondary N) is 1.